The number of piperidine rings is 1. The van der Waals surface area contributed by atoms with Crippen molar-refractivity contribution in [1.82, 2.24) is 19.6 Å². The van der Waals surface area contributed by atoms with Crippen LogP contribution in [0.3, 0.4) is 0 Å². The molecule has 1 unspecified atom stereocenters. The second kappa shape index (κ2) is 5.85. The molecule has 0 saturated carbocycles. The lowest BCUT2D eigenvalue weighted by molar-refractivity contribution is -0.120. The number of likely N-dealkylation sites (tertiary alicyclic amines) is 1. The van der Waals surface area contributed by atoms with Gasteiger partial charge in [0.2, 0.25) is 5.91 Å². The van der Waals surface area contributed by atoms with Crippen LogP contribution < -0.4 is 5.32 Å². The standard InChI is InChI=1S/C16H22N4O/c1-12-5-3-8-20-15(9-17-16(12)20)11-19-7-4-6-14(10-19)18-13(2)21/h3,5,8-9,14H,4,6-7,10-11H2,1-2H3,(H,18,21). The van der Waals surface area contributed by atoms with Crippen LogP contribution in [0.1, 0.15) is 31.0 Å². The quantitative estimate of drug-likeness (QED) is 0.935. The number of nitrogens with one attached hydrogen (secondary N) is 1. The predicted octanol–water partition coefficient (Wildman–Crippen LogP) is 1.74. The monoisotopic (exact) mass is 286 g/mol. The summed E-state index contributed by atoms with van der Waals surface area (Å²) in [5.41, 5.74) is 3.43. The number of hydrogen-bond donors (Lipinski definition) is 1. The molecule has 0 aliphatic carbocycles. The molecule has 1 aliphatic heterocycles. The zero-order valence-electron chi connectivity index (χ0n) is 12.7. The number of aryl methyl sites for hydroxylation is 1. The van der Waals surface area contributed by atoms with Crippen LogP contribution in [0.4, 0.5) is 0 Å². The Hall–Kier alpha value is -1.88. The van der Waals surface area contributed by atoms with Gasteiger partial charge in [-0.2, -0.15) is 0 Å². The third-order valence-corrected chi connectivity index (χ3v) is 4.11. The number of rotatable bonds is 3. The van der Waals surface area contributed by atoms with Crippen molar-refractivity contribution in [2.24, 2.45) is 0 Å². The maximum absolute atomic E-state index is 11.2. The van der Waals surface area contributed by atoms with Gasteiger partial charge in [-0.15, -0.1) is 0 Å². The van der Waals surface area contributed by atoms with Gasteiger partial charge in [0, 0.05) is 32.3 Å². The lowest BCUT2D eigenvalue weighted by atomic mass is 10.1. The largest absolute Gasteiger partial charge is 0.352 e. The Morgan fingerprint density at radius 1 is 1.52 bits per heavy atom. The van der Waals surface area contributed by atoms with Crippen LogP contribution in [0.25, 0.3) is 5.65 Å². The lowest BCUT2D eigenvalue weighted by Gasteiger charge is -2.32. The van der Waals surface area contributed by atoms with Crippen LogP contribution >= 0.6 is 0 Å². The van der Waals surface area contributed by atoms with E-state index >= 15 is 0 Å². The third-order valence-electron chi connectivity index (χ3n) is 4.11. The molecule has 0 aromatic carbocycles. The Morgan fingerprint density at radius 3 is 3.19 bits per heavy atom. The highest BCUT2D eigenvalue weighted by molar-refractivity contribution is 5.73. The molecule has 1 amide bonds. The number of amides is 1. The van der Waals surface area contributed by atoms with E-state index in [1.165, 1.54) is 11.3 Å². The molecule has 1 fully saturated rings. The van der Waals surface area contributed by atoms with E-state index in [0.29, 0.717) is 0 Å². The normalized spacial score (nSPS) is 19.8. The van der Waals surface area contributed by atoms with Crippen molar-refractivity contribution in [2.75, 3.05) is 13.1 Å². The molecule has 5 heteroatoms. The molecule has 2 aromatic heterocycles. The molecule has 1 saturated heterocycles. The summed E-state index contributed by atoms with van der Waals surface area (Å²) in [6.45, 7) is 6.54. The Balaban J connectivity index is 1.73. The van der Waals surface area contributed by atoms with Gasteiger partial charge in [-0.1, -0.05) is 6.07 Å². The molecule has 3 heterocycles. The number of imidazole rings is 1. The van der Waals surface area contributed by atoms with Crippen molar-refractivity contribution >= 4 is 11.6 Å². The number of fused-ring (bicyclic) bond motifs is 1. The number of pyridine rings is 1. The molecule has 3 rings (SSSR count). The maximum atomic E-state index is 11.2. The minimum atomic E-state index is 0.0623. The van der Waals surface area contributed by atoms with Crippen LogP contribution in [0.5, 0.6) is 0 Å². The summed E-state index contributed by atoms with van der Waals surface area (Å²) in [6, 6.07) is 4.42. The second-order valence-electron chi connectivity index (χ2n) is 5.91. The lowest BCUT2D eigenvalue weighted by Crippen LogP contribution is -2.46. The van der Waals surface area contributed by atoms with Crippen molar-refractivity contribution in [1.29, 1.82) is 0 Å². The molecule has 21 heavy (non-hydrogen) atoms. The topological polar surface area (TPSA) is 49.6 Å². The molecule has 2 aromatic rings. The Kier molecular flexibility index (Phi) is 3.92. The fraction of sp³-hybridized carbons (Fsp3) is 0.500. The van der Waals surface area contributed by atoms with Crippen LogP contribution in [0.15, 0.2) is 24.5 Å². The van der Waals surface area contributed by atoms with E-state index in [2.05, 4.69) is 44.9 Å². The summed E-state index contributed by atoms with van der Waals surface area (Å²) in [4.78, 5) is 18.1. The van der Waals surface area contributed by atoms with E-state index in [9.17, 15) is 4.79 Å². The summed E-state index contributed by atoms with van der Waals surface area (Å²) in [5.74, 6) is 0.0623. The Labute approximate surface area is 125 Å². The van der Waals surface area contributed by atoms with Gasteiger partial charge in [0.15, 0.2) is 0 Å². The predicted molar refractivity (Wildman–Crippen MR) is 82.0 cm³/mol. The second-order valence-corrected chi connectivity index (χ2v) is 5.91. The molecular weight excluding hydrogens is 264 g/mol. The van der Waals surface area contributed by atoms with E-state index in [4.69, 9.17) is 0 Å². The van der Waals surface area contributed by atoms with Crippen molar-refractivity contribution in [3.8, 4) is 0 Å². The molecule has 1 atom stereocenters. The van der Waals surface area contributed by atoms with Gasteiger partial charge in [0.25, 0.3) is 0 Å². The fourth-order valence-electron chi connectivity index (χ4n) is 3.15. The zero-order chi connectivity index (χ0) is 14.8. The van der Waals surface area contributed by atoms with Gasteiger partial charge in [-0.05, 0) is 37.9 Å². The molecule has 0 bridgehead atoms. The first-order valence-corrected chi connectivity index (χ1v) is 7.54. The van der Waals surface area contributed by atoms with Gasteiger partial charge >= 0.3 is 0 Å². The van der Waals surface area contributed by atoms with Crippen LogP contribution in [-0.2, 0) is 11.3 Å². The minimum absolute atomic E-state index is 0.0623. The van der Waals surface area contributed by atoms with E-state index in [1.54, 1.807) is 6.92 Å². The molecule has 0 radical (unpaired) electrons. The highest BCUT2D eigenvalue weighted by Crippen LogP contribution is 2.16. The average Bonchev–Trinajstić information content (AvgIpc) is 2.83. The third kappa shape index (κ3) is 3.08. The first-order valence-electron chi connectivity index (χ1n) is 7.54. The Bertz CT molecular complexity index is 649. The summed E-state index contributed by atoms with van der Waals surface area (Å²) in [7, 11) is 0. The number of nitrogens with zero attached hydrogens (tertiary/aromatic N) is 3. The Morgan fingerprint density at radius 2 is 2.38 bits per heavy atom. The van der Waals surface area contributed by atoms with Gasteiger partial charge in [-0.25, -0.2) is 4.98 Å². The highest BCUT2D eigenvalue weighted by Gasteiger charge is 2.21. The van der Waals surface area contributed by atoms with Crippen LogP contribution in [0, 0.1) is 6.92 Å². The molecule has 1 N–H and O–H groups in total. The van der Waals surface area contributed by atoms with Crippen LogP contribution in [0.2, 0.25) is 0 Å². The van der Waals surface area contributed by atoms with Gasteiger partial charge in [0.05, 0.1) is 11.9 Å². The molecule has 112 valence electrons. The van der Waals surface area contributed by atoms with Crippen molar-refractivity contribution in [2.45, 2.75) is 39.3 Å². The summed E-state index contributed by atoms with van der Waals surface area (Å²) in [5, 5.41) is 3.03. The first kappa shape index (κ1) is 14.1. The average molecular weight is 286 g/mol. The number of aromatic nitrogens is 2. The summed E-state index contributed by atoms with van der Waals surface area (Å²) < 4.78 is 2.16. The van der Waals surface area contributed by atoms with E-state index in [-0.39, 0.29) is 11.9 Å². The van der Waals surface area contributed by atoms with E-state index < -0.39 is 0 Å². The van der Waals surface area contributed by atoms with E-state index in [0.717, 1.165) is 38.1 Å². The number of carbonyl (C=O) groups is 1. The molecule has 1 aliphatic rings. The first-order chi connectivity index (χ1) is 10.1. The fourth-order valence-corrected chi connectivity index (χ4v) is 3.15. The maximum Gasteiger partial charge on any atom is 0.217 e. The van der Waals surface area contributed by atoms with Crippen molar-refractivity contribution < 1.29 is 4.79 Å². The van der Waals surface area contributed by atoms with Gasteiger partial charge in [-0.3, -0.25) is 9.69 Å². The van der Waals surface area contributed by atoms with Crippen molar-refractivity contribution in [3.63, 3.8) is 0 Å². The van der Waals surface area contributed by atoms with Gasteiger partial charge in [0.1, 0.15) is 5.65 Å². The highest BCUT2D eigenvalue weighted by atomic mass is 16.1. The number of hydrogen-bond acceptors (Lipinski definition) is 3. The van der Waals surface area contributed by atoms with E-state index in [1.807, 2.05) is 6.20 Å². The number of carbonyl (C=O) groups excluding carboxylic acids is 1. The zero-order valence-corrected chi connectivity index (χ0v) is 12.7. The smallest absolute Gasteiger partial charge is 0.217 e. The minimum Gasteiger partial charge on any atom is -0.352 e. The SMILES string of the molecule is CC(=O)NC1CCCN(Cc2cnc3c(C)cccn23)C1. The van der Waals surface area contributed by atoms with Crippen LogP contribution in [-0.4, -0.2) is 39.3 Å². The molecular formula is C16H22N4O. The summed E-state index contributed by atoms with van der Waals surface area (Å²) >= 11 is 0. The molecule has 0 spiro atoms. The summed E-state index contributed by atoms with van der Waals surface area (Å²) in [6.07, 6.45) is 6.23. The molecule has 5 nitrogen and oxygen atoms in total. The van der Waals surface area contributed by atoms with Gasteiger partial charge < -0.3 is 9.72 Å². The van der Waals surface area contributed by atoms with Crippen molar-refractivity contribution in [3.05, 3.63) is 35.8 Å².